The maximum Gasteiger partial charge on any atom is 0.0473 e. The summed E-state index contributed by atoms with van der Waals surface area (Å²) in [5.41, 5.74) is 0. The Morgan fingerprint density at radius 2 is 0.372 bits per heavy atom. The van der Waals surface area contributed by atoms with Crippen molar-refractivity contribution in [2.75, 3.05) is 0 Å². The second-order valence-corrected chi connectivity index (χ2v) is 33.5. The Hall–Kier alpha value is 0.651. The monoisotopic (exact) mass is 653 g/mol. The highest BCUT2D eigenvalue weighted by Gasteiger charge is 2.26. The van der Waals surface area contributed by atoms with E-state index in [-0.39, 0.29) is 0 Å². The van der Waals surface area contributed by atoms with Gasteiger partial charge in [0, 0.05) is 24.2 Å². The van der Waals surface area contributed by atoms with Crippen LogP contribution in [0.2, 0.25) is 75.5 Å². The summed E-state index contributed by atoms with van der Waals surface area (Å²) in [6, 6.07) is 9.57. The average molecular weight is 653 g/mol. The highest BCUT2D eigenvalue weighted by atomic mass is 28.3. The van der Waals surface area contributed by atoms with E-state index >= 15 is 0 Å². The zero-order valence-corrected chi connectivity index (χ0v) is 35.1. The van der Waals surface area contributed by atoms with Gasteiger partial charge in [-0.25, -0.2) is 0 Å². The fraction of sp³-hybridized carbons (Fsp3) is 1.00. The van der Waals surface area contributed by atoms with E-state index in [4.69, 9.17) is 0 Å². The molecule has 0 bridgehead atoms. The maximum absolute atomic E-state index is 2.71. The minimum Gasteiger partial charge on any atom is -0.0693 e. The van der Waals surface area contributed by atoms with Crippen molar-refractivity contribution in [3.8, 4) is 0 Å². The minimum atomic E-state index is -0.998. The molecule has 0 aliphatic carbocycles. The summed E-state index contributed by atoms with van der Waals surface area (Å²) in [4.78, 5) is 0. The van der Waals surface area contributed by atoms with Crippen molar-refractivity contribution < 1.29 is 0 Å². The van der Waals surface area contributed by atoms with Crippen LogP contribution in [0, 0.1) is 0 Å². The standard InChI is InChI=1S/C40H88Si3/c1-9-11-13-15-17-19-21-23-25-27-29-31-35-41(3,4)37-33-39-43(7,8)40-34-38-42(5,6)36-32-30-28-26-24-22-20-18-16-14-12-10-2/h9-40H2,1-8H3. The van der Waals surface area contributed by atoms with Gasteiger partial charge >= 0.3 is 0 Å². The lowest BCUT2D eigenvalue weighted by atomic mass is 10.1. The molecule has 0 radical (unpaired) electrons. The van der Waals surface area contributed by atoms with Crippen molar-refractivity contribution in [1.82, 2.24) is 0 Å². The summed E-state index contributed by atoms with van der Waals surface area (Å²) in [5.74, 6) is 0. The minimum absolute atomic E-state index is 0.971. The lowest BCUT2D eigenvalue weighted by Gasteiger charge is -2.28. The second-order valence-electron chi connectivity index (χ2n) is 17.5. The van der Waals surface area contributed by atoms with Crippen LogP contribution in [0.5, 0.6) is 0 Å². The van der Waals surface area contributed by atoms with Crippen LogP contribution in [0.1, 0.15) is 181 Å². The van der Waals surface area contributed by atoms with Gasteiger partial charge in [0.05, 0.1) is 0 Å². The molecule has 0 aromatic rings. The Balaban J connectivity index is 3.75. The lowest BCUT2D eigenvalue weighted by molar-refractivity contribution is 0.547. The quantitative estimate of drug-likeness (QED) is 0.0479. The van der Waals surface area contributed by atoms with Gasteiger partial charge in [0.1, 0.15) is 0 Å². The van der Waals surface area contributed by atoms with Crippen LogP contribution >= 0.6 is 0 Å². The Morgan fingerprint density at radius 1 is 0.209 bits per heavy atom. The summed E-state index contributed by atoms with van der Waals surface area (Å²) in [6.45, 7) is 20.9. The number of rotatable bonds is 34. The van der Waals surface area contributed by atoms with Gasteiger partial charge in [-0.15, -0.1) is 0 Å². The zero-order chi connectivity index (χ0) is 32.1. The summed E-state index contributed by atoms with van der Waals surface area (Å²) in [5, 5.41) is 0. The van der Waals surface area contributed by atoms with Gasteiger partial charge in [-0.05, 0) is 0 Å². The van der Waals surface area contributed by atoms with E-state index in [1.165, 1.54) is 154 Å². The molecule has 0 N–H and O–H groups in total. The van der Waals surface area contributed by atoms with Crippen molar-refractivity contribution in [1.29, 1.82) is 0 Å². The van der Waals surface area contributed by atoms with Crippen LogP contribution < -0.4 is 0 Å². The van der Waals surface area contributed by atoms with E-state index in [1.54, 1.807) is 49.1 Å². The molecule has 0 saturated heterocycles. The first-order valence-electron chi connectivity index (χ1n) is 20.5. The van der Waals surface area contributed by atoms with Crippen LogP contribution in [0.25, 0.3) is 0 Å². The van der Waals surface area contributed by atoms with Crippen molar-refractivity contribution in [2.24, 2.45) is 0 Å². The zero-order valence-electron chi connectivity index (χ0n) is 32.1. The average Bonchev–Trinajstić information content (AvgIpc) is 2.93. The molecule has 43 heavy (non-hydrogen) atoms. The van der Waals surface area contributed by atoms with Crippen molar-refractivity contribution in [3.63, 3.8) is 0 Å². The molecule has 0 aromatic carbocycles. The Kier molecular flexibility index (Phi) is 29.3. The van der Waals surface area contributed by atoms with Gasteiger partial charge in [-0.3, -0.25) is 0 Å². The molecule has 0 aliphatic rings. The topological polar surface area (TPSA) is 0 Å². The van der Waals surface area contributed by atoms with Gasteiger partial charge in [0.25, 0.3) is 0 Å². The molecule has 0 rings (SSSR count). The SMILES string of the molecule is CCCCCCCCCCCCCC[Si](C)(C)CCC[Si](C)(C)CCC[Si](C)(C)CCCCCCCCCCCCCC. The first kappa shape index (κ1) is 43.7. The van der Waals surface area contributed by atoms with Crippen LogP contribution in [0.4, 0.5) is 0 Å². The molecule has 3 heteroatoms. The van der Waals surface area contributed by atoms with Crippen LogP contribution in [0.3, 0.4) is 0 Å². The van der Waals surface area contributed by atoms with Gasteiger partial charge in [0.15, 0.2) is 0 Å². The predicted octanol–water partition coefficient (Wildman–Crippen LogP) is 16.3. The molecular formula is C40H88Si3. The maximum atomic E-state index is 2.71. The predicted molar refractivity (Wildman–Crippen MR) is 213 cm³/mol. The molecule has 0 nitrogen and oxygen atoms in total. The Labute approximate surface area is 279 Å². The summed E-state index contributed by atoms with van der Waals surface area (Å²) in [6.07, 6.45) is 38.6. The molecule has 0 heterocycles. The van der Waals surface area contributed by atoms with E-state index in [0.717, 1.165) is 0 Å². The summed E-state index contributed by atoms with van der Waals surface area (Å²) < 4.78 is 0. The van der Waals surface area contributed by atoms with Gasteiger partial charge < -0.3 is 0 Å². The molecule has 0 unspecified atom stereocenters. The normalized spacial score (nSPS) is 12.8. The molecule has 260 valence electrons. The van der Waals surface area contributed by atoms with E-state index in [1.807, 2.05) is 0 Å². The van der Waals surface area contributed by atoms with E-state index in [9.17, 15) is 0 Å². The Morgan fingerprint density at radius 3 is 0.581 bits per heavy atom. The second kappa shape index (κ2) is 28.8. The molecule has 0 fully saturated rings. The van der Waals surface area contributed by atoms with Crippen molar-refractivity contribution in [2.45, 2.75) is 256 Å². The molecule has 0 aliphatic heterocycles. The van der Waals surface area contributed by atoms with Crippen molar-refractivity contribution in [3.05, 3.63) is 0 Å². The first-order chi connectivity index (χ1) is 20.5. The number of hydrogen-bond acceptors (Lipinski definition) is 0. The molecular weight excluding hydrogens is 565 g/mol. The smallest absolute Gasteiger partial charge is 0.0473 e. The molecule has 0 atom stereocenters. The molecule has 0 aromatic heterocycles. The highest BCUT2D eigenvalue weighted by molar-refractivity contribution is 6.79. The third-order valence-corrected chi connectivity index (χ3v) is 21.1. The number of hydrogen-bond donors (Lipinski definition) is 0. The number of unbranched alkanes of at least 4 members (excludes halogenated alkanes) is 22. The Bertz CT molecular complexity index is 520. The first-order valence-corrected chi connectivity index (χ1v) is 30.8. The largest absolute Gasteiger partial charge is 0.0693 e. The highest BCUT2D eigenvalue weighted by Crippen LogP contribution is 2.30. The molecule has 0 saturated carbocycles. The van der Waals surface area contributed by atoms with Gasteiger partial charge in [0.2, 0.25) is 0 Å². The third kappa shape index (κ3) is 32.4. The lowest BCUT2D eigenvalue weighted by Crippen LogP contribution is -2.30. The van der Waals surface area contributed by atoms with Crippen LogP contribution in [-0.2, 0) is 0 Å². The van der Waals surface area contributed by atoms with E-state index < -0.39 is 24.2 Å². The van der Waals surface area contributed by atoms with Gasteiger partial charge in [-0.2, -0.15) is 0 Å². The van der Waals surface area contributed by atoms with Crippen LogP contribution in [0.15, 0.2) is 0 Å². The molecule has 0 amide bonds. The van der Waals surface area contributed by atoms with E-state index in [2.05, 4.69) is 53.1 Å². The summed E-state index contributed by atoms with van der Waals surface area (Å²) >= 11 is 0. The summed E-state index contributed by atoms with van der Waals surface area (Å²) in [7, 11) is -2.94. The van der Waals surface area contributed by atoms with Crippen LogP contribution in [-0.4, -0.2) is 24.2 Å². The van der Waals surface area contributed by atoms with Crippen molar-refractivity contribution >= 4 is 24.2 Å². The fourth-order valence-electron chi connectivity index (χ4n) is 7.36. The fourth-order valence-corrected chi connectivity index (χ4v) is 15.8. The third-order valence-electron chi connectivity index (χ3n) is 10.8. The van der Waals surface area contributed by atoms with E-state index in [0.29, 0.717) is 0 Å². The molecule has 0 spiro atoms. The van der Waals surface area contributed by atoms with Gasteiger partial charge in [-0.1, -0.05) is 256 Å².